The van der Waals surface area contributed by atoms with Crippen LogP contribution in [0.15, 0.2) is 0 Å². The fourth-order valence-electron chi connectivity index (χ4n) is 11.7. The molecule has 0 amide bonds. The Balaban J connectivity index is 5.19. The first kappa shape index (κ1) is 93.1. The van der Waals surface area contributed by atoms with Crippen molar-refractivity contribution in [2.75, 3.05) is 39.6 Å². The van der Waals surface area contributed by atoms with E-state index in [4.69, 9.17) is 37.0 Å². The van der Waals surface area contributed by atoms with Crippen molar-refractivity contribution in [1.29, 1.82) is 0 Å². The molecule has 3 N–H and O–H groups in total. The van der Waals surface area contributed by atoms with Gasteiger partial charge in [0.1, 0.15) is 19.3 Å². The van der Waals surface area contributed by atoms with E-state index in [9.17, 15) is 43.2 Å². The Hall–Kier alpha value is -1.94. The van der Waals surface area contributed by atoms with Gasteiger partial charge in [-0.05, 0) is 37.5 Å². The molecule has 0 aromatic carbocycles. The third-order valence-corrected chi connectivity index (χ3v) is 19.6. The molecule has 0 bridgehead atoms. The lowest BCUT2D eigenvalue weighted by Crippen LogP contribution is -2.30. The fourth-order valence-corrected chi connectivity index (χ4v) is 13.2. The highest BCUT2D eigenvalue weighted by atomic mass is 31.2. The van der Waals surface area contributed by atoms with Crippen molar-refractivity contribution in [2.24, 2.45) is 11.8 Å². The summed E-state index contributed by atoms with van der Waals surface area (Å²) in [6.45, 7) is 9.47. The molecular formula is C76H148O17P2. The molecule has 19 heteroatoms. The molecule has 0 aliphatic rings. The Bertz CT molecular complexity index is 1840. The number of ether oxygens (including phenoxy) is 4. The van der Waals surface area contributed by atoms with Crippen LogP contribution in [0.1, 0.15) is 395 Å². The Morgan fingerprint density at radius 3 is 0.716 bits per heavy atom. The van der Waals surface area contributed by atoms with E-state index < -0.39 is 97.5 Å². The monoisotopic (exact) mass is 1400 g/mol. The van der Waals surface area contributed by atoms with Gasteiger partial charge in [-0.1, -0.05) is 343 Å². The van der Waals surface area contributed by atoms with Gasteiger partial charge >= 0.3 is 39.5 Å². The topological polar surface area (TPSA) is 237 Å². The molecular weight excluding hydrogens is 1250 g/mol. The van der Waals surface area contributed by atoms with Gasteiger partial charge < -0.3 is 33.8 Å². The molecule has 95 heavy (non-hydrogen) atoms. The molecule has 0 aromatic heterocycles. The zero-order valence-corrected chi connectivity index (χ0v) is 63.8. The molecule has 0 saturated carbocycles. The lowest BCUT2D eigenvalue weighted by atomic mass is 10.0. The number of aliphatic hydroxyl groups excluding tert-OH is 1. The predicted octanol–water partition coefficient (Wildman–Crippen LogP) is 22.3. The van der Waals surface area contributed by atoms with Crippen molar-refractivity contribution < 1.29 is 80.2 Å². The van der Waals surface area contributed by atoms with Gasteiger partial charge in [0.25, 0.3) is 0 Å². The zero-order valence-electron chi connectivity index (χ0n) is 62.0. The maximum atomic E-state index is 13.1. The van der Waals surface area contributed by atoms with Crippen molar-refractivity contribution in [1.82, 2.24) is 0 Å². The molecule has 0 aliphatic heterocycles. The average molecular weight is 1400 g/mol. The summed E-state index contributed by atoms with van der Waals surface area (Å²) in [5.74, 6) is -0.719. The number of unbranched alkanes of at least 4 members (excludes halogenated alkanes) is 45. The van der Waals surface area contributed by atoms with Crippen LogP contribution in [0.4, 0.5) is 0 Å². The number of esters is 4. The lowest BCUT2D eigenvalue weighted by Gasteiger charge is -2.21. The molecule has 0 rings (SSSR count). The fraction of sp³-hybridized carbons (Fsp3) is 0.947. The summed E-state index contributed by atoms with van der Waals surface area (Å²) in [5, 5.41) is 10.6. The second kappa shape index (κ2) is 67.9. The molecule has 0 spiro atoms. The van der Waals surface area contributed by atoms with E-state index in [1.807, 2.05) is 0 Å². The molecule has 0 saturated heterocycles. The Kier molecular flexibility index (Phi) is 66.5. The highest BCUT2D eigenvalue weighted by Gasteiger charge is 2.30. The van der Waals surface area contributed by atoms with Crippen LogP contribution >= 0.6 is 15.6 Å². The summed E-state index contributed by atoms with van der Waals surface area (Å²) in [6.07, 6.45) is 55.8. The van der Waals surface area contributed by atoms with E-state index >= 15 is 0 Å². The number of hydrogen-bond acceptors (Lipinski definition) is 15. The van der Waals surface area contributed by atoms with Crippen molar-refractivity contribution in [3.63, 3.8) is 0 Å². The Morgan fingerprint density at radius 1 is 0.284 bits per heavy atom. The van der Waals surface area contributed by atoms with Crippen molar-refractivity contribution in [3.8, 4) is 0 Å². The SMILES string of the molecule is CCCCCCCCCCCCCCCCCCCCCCCC(=O)O[C@H](COC(=O)CCCCCCCCCCCCCCCC)COP(=O)(O)OC[C@@H](O)COP(=O)(O)OC[C@@H](COC(=O)CCCCCCCCCC(C)C)OC(=O)CCCCCCCCCC(C)C. The quantitative estimate of drug-likeness (QED) is 0.0222. The Labute approximate surface area is 581 Å². The molecule has 5 atom stereocenters. The van der Waals surface area contributed by atoms with E-state index in [1.165, 1.54) is 205 Å². The molecule has 0 aliphatic carbocycles. The van der Waals surface area contributed by atoms with Crippen LogP contribution in [0, 0.1) is 11.8 Å². The van der Waals surface area contributed by atoms with Crippen molar-refractivity contribution >= 4 is 39.5 Å². The third kappa shape index (κ3) is 70.3. The summed E-state index contributed by atoms with van der Waals surface area (Å²) in [5.41, 5.74) is 0. The van der Waals surface area contributed by atoms with E-state index in [2.05, 4.69) is 41.5 Å². The van der Waals surface area contributed by atoms with Crippen LogP contribution in [0.5, 0.6) is 0 Å². The van der Waals surface area contributed by atoms with Crippen LogP contribution in [0.25, 0.3) is 0 Å². The first-order chi connectivity index (χ1) is 45.9. The number of rotatable bonds is 75. The largest absolute Gasteiger partial charge is 0.472 e. The zero-order chi connectivity index (χ0) is 70.0. The number of phosphoric acid groups is 2. The van der Waals surface area contributed by atoms with Gasteiger partial charge in [0, 0.05) is 25.7 Å². The second-order valence-corrected chi connectivity index (χ2v) is 31.3. The molecule has 0 heterocycles. The Morgan fingerprint density at radius 2 is 0.484 bits per heavy atom. The minimum Gasteiger partial charge on any atom is -0.462 e. The number of phosphoric ester groups is 2. The van der Waals surface area contributed by atoms with Gasteiger partial charge in [-0.15, -0.1) is 0 Å². The maximum Gasteiger partial charge on any atom is 0.472 e. The maximum absolute atomic E-state index is 13.1. The summed E-state index contributed by atoms with van der Waals surface area (Å²) >= 11 is 0. The summed E-state index contributed by atoms with van der Waals surface area (Å²) in [7, 11) is -9.91. The van der Waals surface area contributed by atoms with Crippen molar-refractivity contribution in [3.05, 3.63) is 0 Å². The molecule has 17 nitrogen and oxygen atoms in total. The molecule has 2 unspecified atom stereocenters. The van der Waals surface area contributed by atoms with Gasteiger partial charge in [-0.3, -0.25) is 37.3 Å². The van der Waals surface area contributed by atoms with Crippen LogP contribution in [-0.2, 0) is 65.4 Å². The second-order valence-electron chi connectivity index (χ2n) is 28.3. The van der Waals surface area contributed by atoms with Gasteiger partial charge in [-0.2, -0.15) is 0 Å². The highest BCUT2D eigenvalue weighted by molar-refractivity contribution is 7.47. The van der Waals surface area contributed by atoms with Crippen LogP contribution in [0.2, 0.25) is 0 Å². The molecule has 0 fully saturated rings. The van der Waals surface area contributed by atoms with Gasteiger partial charge in [0.15, 0.2) is 12.2 Å². The number of aliphatic hydroxyl groups is 1. The van der Waals surface area contributed by atoms with Crippen molar-refractivity contribution in [2.45, 2.75) is 413 Å². The lowest BCUT2D eigenvalue weighted by molar-refractivity contribution is -0.161. The number of hydrogen-bond donors (Lipinski definition) is 3. The first-order valence-electron chi connectivity index (χ1n) is 39.5. The average Bonchev–Trinajstić information content (AvgIpc) is 1.44. The third-order valence-electron chi connectivity index (χ3n) is 17.7. The minimum absolute atomic E-state index is 0.103. The predicted molar refractivity (Wildman–Crippen MR) is 386 cm³/mol. The normalized spacial score (nSPS) is 14.0. The van der Waals surface area contributed by atoms with Gasteiger partial charge in [0.2, 0.25) is 0 Å². The molecule has 564 valence electrons. The number of carbonyl (C=O) groups is 4. The van der Waals surface area contributed by atoms with Gasteiger partial charge in [-0.25, -0.2) is 9.13 Å². The standard InChI is InChI=1S/C76H148O17P2/c1-7-9-11-13-15-17-19-21-23-24-25-26-27-28-29-31-33-35-41-48-54-60-75(80)92-71(64-86-73(78)58-52-46-40-34-32-30-22-20-18-16-14-12-10-8-2)66-90-94(82,83)88-62-70(77)63-89-95(84,85)91-67-72(93-76(81)61-55-49-43-37-39-45-51-57-69(5)6)65-87-74(79)59-53-47-42-36-38-44-50-56-68(3)4/h68-72,77H,7-67H2,1-6H3,(H,82,83)(H,84,85)/t70-,71-,72-/m1/s1. The van der Waals surface area contributed by atoms with E-state index in [0.717, 1.165) is 96.3 Å². The minimum atomic E-state index is -4.96. The highest BCUT2D eigenvalue weighted by Crippen LogP contribution is 2.45. The summed E-state index contributed by atoms with van der Waals surface area (Å²) in [6, 6.07) is 0. The molecule has 0 aromatic rings. The van der Waals surface area contributed by atoms with E-state index in [-0.39, 0.29) is 25.7 Å². The van der Waals surface area contributed by atoms with Crippen LogP contribution < -0.4 is 0 Å². The first-order valence-corrected chi connectivity index (χ1v) is 42.5. The summed E-state index contributed by atoms with van der Waals surface area (Å²) in [4.78, 5) is 72.7. The van der Waals surface area contributed by atoms with E-state index in [1.54, 1.807) is 0 Å². The van der Waals surface area contributed by atoms with E-state index in [0.29, 0.717) is 37.5 Å². The molecule has 0 radical (unpaired) electrons. The smallest absolute Gasteiger partial charge is 0.462 e. The summed E-state index contributed by atoms with van der Waals surface area (Å²) < 4.78 is 68.4. The van der Waals surface area contributed by atoms with Crippen LogP contribution in [-0.4, -0.2) is 96.7 Å². The van der Waals surface area contributed by atoms with Crippen LogP contribution in [0.3, 0.4) is 0 Å². The van der Waals surface area contributed by atoms with Gasteiger partial charge in [0.05, 0.1) is 26.4 Å². The number of carbonyl (C=O) groups excluding carboxylic acids is 4.